The molecule has 4 rings (SSSR count). The summed E-state index contributed by atoms with van der Waals surface area (Å²) in [4.78, 5) is 41.6. The van der Waals surface area contributed by atoms with Crippen LogP contribution in [0.4, 0.5) is 5.69 Å². The first-order valence-corrected chi connectivity index (χ1v) is 9.14. The molecule has 2 aliphatic rings. The molecule has 1 aromatic heterocycles. The van der Waals surface area contributed by atoms with Crippen LogP contribution in [0, 0.1) is 5.92 Å². The number of nitrogens with zero attached hydrogens (tertiary/aromatic N) is 2. The van der Waals surface area contributed by atoms with Gasteiger partial charge in [0.25, 0.3) is 0 Å². The number of ether oxygens (including phenoxy) is 1. The molecule has 8 heteroatoms. The van der Waals surface area contributed by atoms with Gasteiger partial charge in [0, 0.05) is 30.6 Å². The summed E-state index contributed by atoms with van der Waals surface area (Å²) in [5, 5.41) is 2.80. The Bertz CT molecular complexity index is 924. The van der Waals surface area contributed by atoms with Crippen molar-refractivity contribution in [2.75, 3.05) is 11.9 Å². The van der Waals surface area contributed by atoms with E-state index >= 15 is 0 Å². The average molecular weight is 380 g/mol. The molecule has 8 nitrogen and oxygen atoms in total. The van der Waals surface area contributed by atoms with Gasteiger partial charge in [-0.05, 0) is 37.1 Å². The van der Waals surface area contributed by atoms with Crippen LogP contribution in [0.2, 0.25) is 0 Å². The third-order valence-corrected chi connectivity index (χ3v) is 4.86. The zero-order valence-corrected chi connectivity index (χ0v) is 15.1. The number of nitrogens with one attached hydrogen (secondary N) is 1. The highest BCUT2D eigenvalue weighted by Gasteiger charge is 2.41. The molecule has 3 N–H and O–H groups in total. The number of pyridine rings is 1. The lowest BCUT2D eigenvalue weighted by Crippen LogP contribution is -2.29. The molecule has 0 spiro atoms. The van der Waals surface area contributed by atoms with Crippen molar-refractivity contribution in [2.24, 2.45) is 11.7 Å². The van der Waals surface area contributed by atoms with Crippen molar-refractivity contribution in [1.82, 2.24) is 9.88 Å². The molecule has 2 aromatic rings. The van der Waals surface area contributed by atoms with E-state index in [1.807, 2.05) is 4.90 Å². The van der Waals surface area contributed by atoms with Gasteiger partial charge in [0.2, 0.25) is 23.6 Å². The first-order valence-electron chi connectivity index (χ1n) is 9.14. The van der Waals surface area contributed by atoms with Crippen LogP contribution in [0.15, 0.2) is 42.6 Å². The molecule has 1 atom stereocenters. The van der Waals surface area contributed by atoms with Crippen molar-refractivity contribution >= 4 is 23.4 Å². The topological polar surface area (TPSA) is 115 Å². The quantitative estimate of drug-likeness (QED) is 0.795. The van der Waals surface area contributed by atoms with Crippen molar-refractivity contribution in [2.45, 2.75) is 25.3 Å². The van der Waals surface area contributed by atoms with Gasteiger partial charge in [-0.2, -0.15) is 0 Å². The van der Waals surface area contributed by atoms with Crippen LogP contribution < -0.4 is 15.8 Å². The summed E-state index contributed by atoms with van der Waals surface area (Å²) >= 11 is 0. The Balaban J connectivity index is 1.35. The van der Waals surface area contributed by atoms with E-state index in [0.717, 1.165) is 12.8 Å². The minimum Gasteiger partial charge on any atom is -0.439 e. The van der Waals surface area contributed by atoms with Crippen LogP contribution in [0.3, 0.4) is 0 Å². The number of hydrogen-bond acceptors (Lipinski definition) is 5. The lowest BCUT2D eigenvalue weighted by atomic mass is 10.1. The van der Waals surface area contributed by atoms with Crippen LogP contribution in [0.1, 0.15) is 29.6 Å². The number of rotatable bonds is 6. The van der Waals surface area contributed by atoms with Gasteiger partial charge in [-0.3, -0.25) is 14.4 Å². The van der Waals surface area contributed by atoms with Gasteiger partial charge in [-0.1, -0.05) is 6.07 Å². The molecule has 1 aliphatic heterocycles. The molecule has 144 valence electrons. The normalized spacial score (nSPS) is 18.8. The molecule has 2 heterocycles. The van der Waals surface area contributed by atoms with Gasteiger partial charge in [0.05, 0.1) is 17.8 Å². The second-order valence-electron chi connectivity index (χ2n) is 7.05. The van der Waals surface area contributed by atoms with E-state index in [2.05, 4.69) is 10.3 Å². The van der Waals surface area contributed by atoms with E-state index in [-0.39, 0.29) is 24.2 Å². The largest absolute Gasteiger partial charge is 0.439 e. The molecule has 1 aliphatic carbocycles. The van der Waals surface area contributed by atoms with Gasteiger partial charge in [0.1, 0.15) is 5.75 Å². The van der Waals surface area contributed by atoms with Crippen molar-refractivity contribution < 1.29 is 19.1 Å². The number of hydrogen-bond donors (Lipinski definition) is 2. The fourth-order valence-corrected chi connectivity index (χ4v) is 3.24. The number of anilines is 1. The number of carbonyl (C=O) groups is 3. The maximum Gasteiger partial charge on any atom is 0.248 e. The Morgan fingerprint density at radius 3 is 2.71 bits per heavy atom. The minimum absolute atomic E-state index is 0.0581. The molecule has 1 aromatic carbocycles. The second-order valence-corrected chi connectivity index (χ2v) is 7.05. The summed E-state index contributed by atoms with van der Waals surface area (Å²) in [5.74, 6) is -0.243. The lowest BCUT2D eigenvalue weighted by Gasteiger charge is -2.15. The molecule has 1 unspecified atom stereocenters. The first-order chi connectivity index (χ1) is 13.5. The summed E-state index contributed by atoms with van der Waals surface area (Å²) in [7, 11) is 0. The Morgan fingerprint density at radius 2 is 2.04 bits per heavy atom. The van der Waals surface area contributed by atoms with Crippen molar-refractivity contribution in [1.29, 1.82) is 0 Å². The third-order valence-electron chi connectivity index (χ3n) is 4.86. The molecule has 28 heavy (non-hydrogen) atoms. The lowest BCUT2D eigenvalue weighted by molar-refractivity contribution is -0.128. The monoisotopic (exact) mass is 380 g/mol. The van der Waals surface area contributed by atoms with Crippen molar-refractivity contribution in [3.63, 3.8) is 0 Å². The maximum absolute atomic E-state index is 12.4. The number of carbonyl (C=O) groups excluding carboxylic acids is 3. The summed E-state index contributed by atoms with van der Waals surface area (Å²) < 4.78 is 5.61. The Morgan fingerprint density at radius 1 is 1.21 bits per heavy atom. The zero-order valence-electron chi connectivity index (χ0n) is 15.1. The highest BCUT2D eigenvalue weighted by molar-refractivity contribution is 5.97. The number of amides is 3. The highest BCUT2D eigenvalue weighted by atomic mass is 16.5. The predicted octanol–water partition coefficient (Wildman–Crippen LogP) is 1.92. The number of benzene rings is 1. The minimum atomic E-state index is -0.540. The first kappa shape index (κ1) is 18.0. The number of primary amides is 1. The van der Waals surface area contributed by atoms with E-state index < -0.39 is 5.91 Å². The predicted molar refractivity (Wildman–Crippen MR) is 101 cm³/mol. The average Bonchev–Trinajstić information content (AvgIpc) is 3.45. The Kier molecular flexibility index (Phi) is 4.68. The van der Waals surface area contributed by atoms with Crippen LogP contribution in [-0.4, -0.2) is 40.2 Å². The van der Waals surface area contributed by atoms with E-state index in [9.17, 15) is 14.4 Å². The molecule has 3 amide bonds. The molecule has 2 fully saturated rings. The van der Waals surface area contributed by atoms with Crippen LogP contribution in [-0.2, 0) is 9.59 Å². The van der Waals surface area contributed by atoms with Gasteiger partial charge in [-0.25, -0.2) is 4.98 Å². The SMILES string of the molecule is NC(=O)c1cccc(Oc2ccc(NC(=O)C3CC(=O)N(C4CC4)C3)cn2)c1. The highest BCUT2D eigenvalue weighted by Crippen LogP contribution is 2.33. The van der Waals surface area contributed by atoms with Gasteiger partial charge >= 0.3 is 0 Å². The van der Waals surface area contributed by atoms with Crippen LogP contribution in [0.25, 0.3) is 0 Å². The zero-order chi connectivity index (χ0) is 19.7. The number of likely N-dealkylation sites (tertiary alicyclic amines) is 1. The van der Waals surface area contributed by atoms with Crippen molar-refractivity contribution in [3.05, 3.63) is 48.2 Å². The smallest absolute Gasteiger partial charge is 0.248 e. The van der Waals surface area contributed by atoms with Gasteiger partial charge in [-0.15, -0.1) is 0 Å². The molecular weight excluding hydrogens is 360 g/mol. The Labute approximate surface area is 161 Å². The summed E-state index contributed by atoms with van der Waals surface area (Å²) in [6.07, 6.45) is 3.81. The molecule has 1 saturated heterocycles. The van der Waals surface area contributed by atoms with Gasteiger partial charge < -0.3 is 20.7 Å². The van der Waals surface area contributed by atoms with E-state index in [1.54, 1.807) is 30.3 Å². The maximum atomic E-state index is 12.4. The van der Waals surface area contributed by atoms with Crippen LogP contribution in [0.5, 0.6) is 11.6 Å². The number of nitrogens with two attached hydrogens (primary N) is 1. The molecule has 0 bridgehead atoms. The molecular formula is C20H20N4O4. The third kappa shape index (κ3) is 3.95. The van der Waals surface area contributed by atoms with Crippen molar-refractivity contribution in [3.8, 4) is 11.6 Å². The van der Waals surface area contributed by atoms with E-state index in [0.29, 0.717) is 35.5 Å². The Hall–Kier alpha value is -3.42. The molecule has 0 radical (unpaired) electrons. The standard InChI is InChI=1S/C20H20N4O4/c21-19(26)12-2-1-3-16(8-12)28-17-7-4-14(10-22-17)23-20(27)13-9-18(25)24(11-13)15-5-6-15/h1-4,7-8,10,13,15H,5-6,9,11H2,(H2,21,26)(H,23,27). The summed E-state index contributed by atoms with van der Waals surface area (Å²) in [5.41, 5.74) is 6.13. The molecule has 1 saturated carbocycles. The van der Waals surface area contributed by atoms with Crippen LogP contribution >= 0.6 is 0 Å². The fraction of sp³-hybridized carbons (Fsp3) is 0.300. The summed E-state index contributed by atoms with van der Waals surface area (Å²) in [6.45, 7) is 0.486. The van der Waals surface area contributed by atoms with E-state index in [4.69, 9.17) is 10.5 Å². The fourth-order valence-electron chi connectivity index (χ4n) is 3.24. The van der Waals surface area contributed by atoms with E-state index in [1.165, 1.54) is 12.3 Å². The summed E-state index contributed by atoms with van der Waals surface area (Å²) in [6, 6.07) is 10.1. The number of aromatic nitrogens is 1. The second kappa shape index (κ2) is 7.30. The van der Waals surface area contributed by atoms with Gasteiger partial charge in [0.15, 0.2) is 0 Å².